The van der Waals surface area contributed by atoms with E-state index in [-0.39, 0.29) is 0 Å². The predicted octanol–water partition coefficient (Wildman–Crippen LogP) is -0.683. The summed E-state index contributed by atoms with van der Waals surface area (Å²) in [6.45, 7) is 0.604. The van der Waals surface area contributed by atoms with Crippen LogP contribution in [0.4, 0.5) is 0 Å². The molecule has 0 aromatic carbocycles. The Balaban J connectivity index is 2.19. The first-order valence-electron chi connectivity index (χ1n) is 2.81. The Morgan fingerprint density at radius 1 is 1.75 bits per heavy atom. The van der Waals surface area contributed by atoms with Crippen molar-refractivity contribution in [2.24, 2.45) is 5.84 Å². The summed E-state index contributed by atoms with van der Waals surface area (Å²) in [5.41, 5.74) is -0.427. The predicted molar refractivity (Wildman–Crippen MR) is 31.0 cm³/mol. The van der Waals surface area contributed by atoms with Crippen LogP contribution < -0.4 is 5.84 Å². The Morgan fingerprint density at radius 2 is 2.25 bits per heavy atom. The van der Waals surface area contributed by atoms with E-state index in [1.54, 1.807) is 7.05 Å². The van der Waals surface area contributed by atoms with Crippen LogP contribution in [0.2, 0.25) is 0 Å². The zero-order valence-corrected chi connectivity index (χ0v) is 5.09. The highest BCUT2D eigenvalue weighted by atomic mass is 16.3. The monoisotopic (exact) mass is 116 g/mol. The molecule has 0 spiro atoms. The summed E-state index contributed by atoms with van der Waals surface area (Å²) in [4.78, 5) is 0. The smallest absolute Gasteiger partial charge is 0.0790 e. The second-order valence-corrected chi connectivity index (χ2v) is 2.64. The summed E-state index contributed by atoms with van der Waals surface area (Å²) in [6.07, 6.45) is 1.82. The van der Waals surface area contributed by atoms with Crippen LogP contribution in [0.1, 0.15) is 12.8 Å². The quantitative estimate of drug-likeness (QED) is 0.371. The molecule has 0 radical (unpaired) electrons. The van der Waals surface area contributed by atoms with Crippen molar-refractivity contribution in [1.82, 2.24) is 5.01 Å². The third-order valence-electron chi connectivity index (χ3n) is 1.37. The van der Waals surface area contributed by atoms with Crippen LogP contribution in [-0.2, 0) is 0 Å². The fraction of sp³-hybridized carbons (Fsp3) is 1.00. The normalized spacial score (nSPS) is 24.0. The summed E-state index contributed by atoms with van der Waals surface area (Å²) in [6, 6.07) is 0. The molecule has 0 aromatic heterocycles. The maximum atomic E-state index is 9.18. The molecule has 0 amide bonds. The van der Waals surface area contributed by atoms with Crippen molar-refractivity contribution in [2.45, 2.75) is 18.4 Å². The second kappa shape index (κ2) is 1.69. The molecule has 0 heterocycles. The van der Waals surface area contributed by atoms with Gasteiger partial charge in [-0.2, -0.15) is 0 Å². The van der Waals surface area contributed by atoms with Gasteiger partial charge in [0.05, 0.1) is 5.60 Å². The zero-order chi connectivity index (χ0) is 6.20. The van der Waals surface area contributed by atoms with E-state index in [1.165, 1.54) is 5.01 Å². The third-order valence-corrected chi connectivity index (χ3v) is 1.37. The van der Waals surface area contributed by atoms with E-state index in [9.17, 15) is 5.11 Å². The molecule has 1 saturated carbocycles. The van der Waals surface area contributed by atoms with E-state index in [0.717, 1.165) is 12.8 Å². The van der Waals surface area contributed by atoms with Gasteiger partial charge in [-0.05, 0) is 12.8 Å². The SMILES string of the molecule is CN(N)CC1(O)CC1. The van der Waals surface area contributed by atoms with Gasteiger partial charge >= 0.3 is 0 Å². The van der Waals surface area contributed by atoms with E-state index in [0.29, 0.717) is 6.54 Å². The summed E-state index contributed by atoms with van der Waals surface area (Å²) in [5, 5.41) is 10.7. The van der Waals surface area contributed by atoms with Crippen LogP contribution in [0.15, 0.2) is 0 Å². The minimum absolute atomic E-state index is 0.427. The first-order valence-corrected chi connectivity index (χ1v) is 2.81. The molecule has 48 valence electrons. The molecule has 1 aliphatic rings. The number of aliphatic hydroxyl groups is 1. The minimum atomic E-state index is -0.427. The van der Waals surface area contributed by atoms with E-state index in [4.69, 9.17) is 5.84 Å². The molecule has 0 bridgehead atoms. The fourth-order valence-corrected chi connectivity index (χ4v) is 0.767. The van der Waals surface area contributed by atoms with E-state index in [1.807, 2.05) is 0 Å². The molecule has 3 heteroatoms. The van der Waals surface area contributed by atoms with Crippen molar-refractivity contribution in [1.29, 1.82) is 0 Å². The molecule has 1 aliphatic carbocycles. The van der Waals surface area contributed by atoms with E-state index < -0.39 is 5.60 Å². The highest BCUT2D eigenvalue weighted by Crippen LogP contribution is 2.34. The van der Waals surface area contributed by atoms with Crippen molar-refractivity contribution >= 4 is 0 Å². The largest absolute Gasteiger partial charge is 0.388 e. The maximum absolute atomic E-state index is 9.18. The third kappa shape index (κ3) is 1.43. The number of hydrazine groups is 1. The number of hydrogen-bond acceptors (Lipinski definition) is 3. The molecule has 0 aliphatic heterocycles. The molecule has 0 aromatic rings. The maximum Gasteiger partial charge on any atom is 0.0790 e. The Bertz CT molecular complexity index is 88.4. The number of nitrogens with zero attached hydrogens (tertiary/aromatic N) is 1. The standard InChI is InChI=1S/C5H12N2O/c1-7(6)4-5(8)2-3-5/h8H,2-4,6H2,1H3. The van der Waals surface area contributed by atoms with Crippen molar-refractivity contribution in [3.63, 3.8) is 0 Å². The van der Waals surface area contributed by atoms with Crippen molar-refractivity contribution in [2.75, 3.05) is 13.6 Å². The molecular formula is C5H12N2O. The Labute approximate surface area is 49.1 Å². The van der Waals surface area contributed by atoms with Gasteiger partial charge in [0.15, 0.2) is 0 Å². The molecule has 0 unspecified atom stereocenters. The minimum Gasteiger partial charge on any atom is -0.388 e. The van der Waals surface area contributed by atoms with Crippen LogP contribution in [0.5, 0.6) is 0 Å². The lowest BCUT2D eigenvalue weighted by molar-refractivity contribution is 0.104. The average Bonchev–Trinajstić information content (AvgIpc) is 2.17. The van der Waals surface area contributed by atoms with Crippen molar-refractivity contribution in [3.8, 4) is 0 Å². The molecule has 3 N–H and O–H groups in total. The summed E-state index contributed by atoms with van der Waals surface area (Å²) in [7, 11) is 1.76. The molecule has 1 fully saturated rings. The van der Waals surface area contributed by atoms with Gasteiger partial charge in [0.25, 0.3) is 0 Å². The summed E-state index contributed by atoms with van der Waals surface area (Å²) in [5.74, 6) is 5.29. The highest BCUT2D eigenvalue weighted by Gasteiger charge is 2.40. The van der Waals surface area contributed by atoms with Crippen LogP contribution in [0, 0.1) is 0 Å². The highest BCUT2D eigenvalue weighted by molar-refractivity contribution is 4.94. The Hall–Kier alpha value is -0.120. The van der Waals surface area contributed by atoms with Gasteiger partial charge in [0.1, 0.15) is 0 Å². The molecule has 1 rings (SSSR count). The number of rotatable bonds is 2. The fourth-order valence-electron chi connectivity index (χ4n) is 0.767. The van der Waals surface area contributed by atoms with Crippen molar-refractivity contribution < 1.29 is 5.11 Å². The van der Waals surface area contributed by atoms with Crippen LogP contribution in [-0.4, -0.2) is 29.3 Å². The first-order chi connectivity index (χ1) is 3.62. The van der Waals surface area contributed by atoms with Crippen LogP contribution in [0.25, 0.3) is 0 Å². The zero-order valence-electron chi connectivity index (χ0n) is 5.09. The average molecular weight is 116 g/mol. The lowest BCUT2D eigenvalue weighted by Crippen LogP contribution is -2.35. The summed E-state index contributed by atoms with van der Waals surface area (Å²) >= 11 is 0. The van der Waals surface area contributed by atoms with Gasteiger partial charge in [-0.15, -0.1) is 0 Å². The van der Waals surface area contributed by atoms with E-state index >= 15 is 0 Å². The van der Waals surface area contributed by atoms with Gasteiger partial charge < -0.3 is 5.11 Å². The number of nitrogens with two attached hydrogens (primary N) is 1. The topological polar surface area (TPSA) is 49.5 Å². The van der Waals surface area contributed by atoms with Gasteiger partial charge in [-0.25, -0.2) is 5.01 Å². The van der Waals surface area contributed by atoms with Crippen LogP contribution in [0.3, 0.4) is 0 Å². The van der Waals surface area contributed by atoms with Crippen LogP contribution >= 0.6 is 0 Å². The Kier molecular flexibility index (Phi) is 1.27. The van der Waals surface area contributed by atoms with Gasteiger partial charge in [-0.3, -0.25) is 5.84 Å². The molecule has 0 saturated heterocycles. The van der Waals surface area contributed by atoms with Crippen molar-refractivity contribution in [3.05, 3.63) is 0 Å². The molecule has 8 heavy (non-hydrogen) atoms. The second-order valence-electron chi connectivity index (χ2n) is 2.64. The van der Waals surface area contributed by atoms with E-state index in [2.05, 4.69) is 0 Å². The lowest BCUT2D eigenvalue weighted by Gasteiger charge is -2.12. The van der Waals surface area contributed by atoms with Gasteiger partial charge in [0, 0.05) is 13.6 Å². The number of likely N-dealkylation sites (N-methyl/N-ethyl adjacent to an activating group) is 1. The Morgan fingerprint density at radius 3 is 2.38 bits per heavy atom. The summed E-state index contributed by atoms with van der Waals surface area (Å²) < 4.78 is 0. The first kappa shape index (κ1) is 6.01. The number of hydrogen-bond donors (Lipinski definition) is 2. The lowest BCUT2D eigenvalue weighted by atomic mass is 10.3. The van der Waals surface area contributed by atoms with Gasteiger partial charge in [-0.1, -0.05) is 0 Å². The molecule has 3 nitrogen and oxygen atoms in total. The molecular weight excluding hydrogens is 104 g/mol. The van der Waals surface area contributed by atoms with Gasteiger partial charge in [0.2, 0.25) is 0 Å². The molecule has 0 atom stereocenters.